The zero-order valence-corrected chi connectivity index (χ0v) is 32.7. The zero-order chi connectivity index (χ0) is 39.1. The molecule has 0 aliphatic carbocycles. The number of rotatable bonds is 11. The lowest BCUT2D eigenvalue weighted by Crippen LogP contribution is -2.60. The average molecular weight is 829 g/mol. The maximum absolute atomic E-state index is 14.9. The number of benzene rings is 3. The van der Waals surface area contributed by atoms with Crippen molar-refractivity contribution in [2.75, 3.05) is 23.4 Å². The highest BCUT2D eigenvalue weighted by Gasteiger charge is 2.66. The largest absolute Gasteiger partial charge is 0.432 e. The number of fused-ring (bicyclic) bond motifs is 2. The predicted octanol–water partition coefficient (Wildman–Crippen LogP) is 1.94. The minimum atomic E-state index is -3.09. The van der Waals surface area contributed by atoms with Gasteiger partial charge in [-0.3, -0.25) is 14.4 Å². The van der Waals surface area contributed by atoms with Crippen LogP contribution in [-0.4, -0.2) is 111 Å². The molecule has 3 aliphatic rings. The van der Waals surface area contributed by atoms with Crippen LogP contribution in [0.4, 0.5) is 11.4 Å². The third kappa shape index (κ3) is 7.64. The Morgan fingerprint density at radius 1 is 0.963 bits per heavy atom. The molecule has 290 valence electrons. The predicted molar refractivity (Wildman–Crippen MR) is 202 cm³/mol. The standard InChI is InChI=1S/C38H46BrN3O11Si/c1-21-34(54(2,3)51)28(18-29(44)41(14-15-43)19-22-8-5-4-6-9-22)53-38(21)26-17-24(39)12-13-27(26)42(37(38)50)20-23-10-7-11-25(16-23)40-35(48)33-31(46)30(45)32(47)36(49)52-33/h4-13,16-17,21,28,30-34,36,43,45-47,49,51H,14-15,18-20H2,1-3H3,(H,40,48)/t21-,28+,30-,31-,32+,33-,34-,36+,38+/m0/s1. The normalized spacial score (nSPS) is 29.4. The van der Waals surface area contributed by atoms with Crippen molar-refractivity contribution < 1.29 is 54.2 Å². The molecule has 54 heavy (non-hydrogen) atoms. The summed E-state index contributed by atoms with van der Waals surface area (Å²) in [5.41, 5.74) is 0.912. The molecule has 2 saturated heterocycles. The molecule has 1 spiro atoms. The van der Waals surface area contributed by atoms with Gasteiger partial charge in [0, 0.05) is 40.3 Å². The summed E-state index contributed by atoms with van der Waals surface area (Å²) in [6, 6.07) is 21.5. The molecule has 16 heteroatoms. The number of hydrogen-bond acceptors (Lipinski definition) is 11. The van der Waals surface area contributed by atoms with Crippen LogP contribution in [0.3, 0.4) is 0 Å². The zero-order valence-electron chi connectivity index (χ0n) is 30.1. The molecule has 3 amide bonds. The highest BCUT2D eigenvalue weighted by atomic mass is 79.9. The van der Waals surface area contributed by atoms with Gasteiger partial charge in [0.05, 0.1) is 31.4 Å². The number of nitrogens with one attached hydrogen (secondary N) is 1. The first-order valence-corrected chi connectivity index (χ1v) is 21.6. The molecular formula is C38H46BrN3O11Si. The molecule has 3 heterocycles. The van der Waals surface area contributed by atoms with Crippen molar-refractivity contribution in [1.82, 2.24) is 4.90 Å². The third-order valence-electron chi connectivity index (χ3n) is 10.6. The number of amides is 3. The molecule has 0 bridgehead atoms. The summed E-state index contributed by atoms with van der Waals surface area (Å²) in [7, 11) is -3.09. The molecule has 0 unspecified atom stereocenters. The van der Waals surface area contributed by atoms with E-state index >= 15 is 0 Å². The summed E-state index contributed by atoms with van der Waals surface area (Å²) in [4.78, 5) is 56.7. The van der Waals surface area contributed by atoms with E-state index in [0.717, 1.165) is 5.56 Å². The molecular weight excluding hydrogens is 782 g/mol. The van der Waals surface area contributed by atoms with Crippen LogP contribution in [0.15, 0.2) is 77.3 Å². The Hall–Kier alpha value is -3.55. The molecule has 3 aromatic carbocycles. The second-order valence-electron chi connectivity index (χ2n) is 14.8. The van der Waals surface area contributed by atoms with E-state index in [0.29, 0.717) is 21.3 Å². The van der Waals surface area contributed by atoms with Crippen LogP contribution in [0.2, 0.25) is 18.6 Å². The lowest BCUT2D eigenvalue weighted by molar-refractivity contribution is -0.274. The van der Waals surface area contributed by atoms with E-state index in [-0.39, 0.29) is 50.2 Å². The Morgan fingerprint density at radius 2 is 1.67 bits per heavy atom. The van der Waals surface area contributed by atoms with Crippen molar-refractivity contribution in [3.8, 4) is 0 Å². The Kier molecular flexibility index (Phi) is 11.8. The van der Waals surface area contributed by atoms with Crippen molar-refractivity contribution in [3.05, 3.63) is 94.0 Å². The molecule has 2 fully saturated rings. The number of anilines is 2. The van der Waals surface area contributed by atoms with Gasteiger partial charge in [0.2, 0.25) is 5.91 Å². The van der Waals surface area contributed by atoms with Crippen LogP contribution in [0.1, 0.15) is 30.0 Å². The van der Waals surface area contributed by atoms with Crippen LogP contribution in [0.25, 0.3) is 0 Å². The number of aliphatic hydroxyl groups excluding tert-OH is 5. The summed E-state index contributed by atoms with van der Waals surface area (Å²) in [6.07, 6.45) is -9.87. The summed E-state index contributed by atoms with van der Waals surface area (Å²) < 4.78 is 12.6. The number of hydrogen-bond donors (Lipinski definition) is 7. The Labute approximate surface area is 322 Å². The number of carbonyl (C=O) groups excluding carboxylic acids is 3. The molecule has 0 aromatic heterocycles. The van der Waals surface area contributed by atoms with Gasteiger partial charge in [-0.1, -0.05) is 65.3 Å². The van der Waals surface area contributed by atoms with Crippen LogP contribution in [-0.2, 0) is 42.5 Å². The van der Waals surface area contributed by atoms with Gasteiger partial charge < -0.3 is 54.9 Å². The average Bonchev–Trinajstić information content (AvgIpc) is 3.54. The van der Waals surface area contributed by atoms with Crippen LogP contribution in [0.5, 0.6) is 0 Å². The van der Waals surface area contributed by atoms with E-state index in [1.165, 1.54) is 0 Å². The summed E-state index contributed by atoms with van der Waals surface area (Å²) in [6.45, 7) is 5.65. The first kappa shape index (κ1) is 40.1. The summed E-state index contributed by atoms with van der Waals surface area (Å²) in [5.74, 6) is -2.04. The van der Waals surface area contributed by atoms with Gasteiger partial charge in [0.25, 0.3) is 11.8 Å². The molecule has 7 N–H and O–H groups in total. The van der Waals surface area contributed by atoms with E-state index < -0.39 is 68.1 Å². The number of nitrogens with zero attached hydrogens (tertiary/aromatic N) is 2. The van der Waals surface area contributed by atoms with Crippen molar-refractivity contribution in [3.63, 3.8) is 0 Å². The van der Waals surface area contributed by atoms with Crippen molar-refractivity contribution in [2.45, 2.75) is 87.5 Å². The number of aliphatic hydroxyl groups is 5. The quantitative estimate of drug-likeness (QED) is 0.139. The molecule has 9 atom stereocenters. The Morgan fingerprint density at radius 3 is 2.35 bits per heavy atom. The van der Waals surface area contributed by atoms with E-state index in [4.69, 9.17) is 9.47 Å². The van der Waals surface area contributed by atoms with Gasteiger partial charge in [0.15, 0.2) is 26.3 Å². The summed E-state index contributed by atoms with van der Waals surface area (Å²) in [5, 5.41) is 52.4. The summed E-state index contributed by atoms with van der Waals surface area (Å²) >= 11 is 3.56. The fourth-order valence-corrected chi connectivity index (χ4v) is 11.1. The van der Waals surface area contributed by atoms with Gasteiger partial charge >= 0.3 is 0 Å². The molecule has 14 nitrogen and oxygen atoms in total. The minimum Gasteiger partial charge on any atom is -0.432 e. The second-order valence-corrected chi connectivity index (χ2v) is 19.6. The highest BCUT2D eigenvalue weighted by molar-refractivity contribution is 9.10. The SMILES string of the molecule is C[C@H]1[C@H]([Si](C)(C)O)[C@@H](CC(=O)N(CCO)Cc2ccccc2)O[C@]12C(=O)N(Cc1cccc(NC(=O)[C@H]3O[C@@H](O)[C@H](O)[C@@H](O)[C@@H]3O)c1)c1ccc(Br)cc12. The smallest absolute Gasteiger partial charge is 0.264 e. The molecule has 3 aliphatic heterocycles. The fourth-order valence-electron chi connectivity index (χ4n) is 8.15. The Balaban J connectivity index is 1.27. The van der Waals surface area contributed by atoms with Crippen molar-refractivity contribution >= 4 is 53.3 Å². The van der Waals surface area contributed by atoms with Gasteiger partial charge in [-0.25, -0.2) is 0 Å². The van der Waals surface area contributed by atoms with Crippen LogP contribution < -0.4 is 10.2 Å². The topological polar surface area (TPSA) is 210 Å². The molecule has 0 saturated carbocycles. The first-order chi connectivity index (χ1) is 25.6. The number of halogens is 1. The number of ether oxygens (including phenoxy) is 2. The van der Waals surface area contributed by atoms with Crippen molar-refractivity contribution in [1.29, 1.82) is 0 Å². The fraction of sp³-hybridized carbons (Fsp3) is 0.447. The van der Waals surface area contributed by atoms with E-state index in [1.807, 2.05) is 49.4 Å². The monoisotopic (exact) mass is 827 g/mol. The van der Waals surface area contributed by atoms with Crippen LogP contribution in [0, 0.1) is 5.92 Å². The molecule has 6 rings (SSSR count). The minimum absolute atomic E-state index is 0.0523. The van der Waals surface area contributed by atoms with Gasteiger partial charge in [-0.05, 0) is 54.6 Å². The van der Waals surface area contributed by atoms with Gasteiger partial charge in [-0.2, -0.15) is 0 Å². The third-order valence-corrected chi connectivity index (χ3v) is 13.6. The highest BCUT2D eigenvalue weighted by Crippen LogP contribution is 2.60. The first-order valence-electron chi connectivity index (χ1n) is 17.8. The molecule has 3 aromatic rings. The van der Waals surface area contributed by atoms with Crippen molar-refractivity contribution in [2.24, 2.45) is 5.92 Å². The number of carbonyl (C=O) groups is 3. The molecule has 0 radical (unpaired) electrons. The maximum atomic E-state index is 14.9. The second kappa shape index (κ2) is 15.9. The van der Waals surface area contributed by atoms with E-state index in [2.05, 4.69) is 21.2 Å². The van der Waals surface area contributed by atoms with Gasteiger partial charge in [-0.15, -0.1) is 0 Å². The van der Waals surface area contributed by atoms with Crippen LogP contribution >= 0.6 is 15.9 Å². The van der Waals surface area contributed by atoms with Gasteiger partial charge in [0.1, 0.15) is 18.3 Å². The van der Waals surface area contributed by atoms with E-state index in [1.54, 1.807) is 53.2 Å². The maximum Gasteiger partial charge on any atom is 0.264 e. The lowest BCUT2D eigenvalue weighted by Gasteiger charge is -2.37. The Bertz CT molecular complexity index is 1870. The van der Waals surface area contributed by atoms with E-state index in [9.17, 15) is 44.7 Å². The lowest BCUT2D eigenvalue weighted by atomic mass is 9.82.